The van der Waals surface area contributed by atoms with E-state index in [2.05, 4.69) is 17.2 Å². The van der Waals surface area contributed by atoms with Crippen molar-refractivity contribution < 1.29 is 19.1 Å². The third kappa shape index (κ3) is 6.45. The molecular formula is C14H24N2O4. The van der Waals surface area contributed by atoms with Crippen LogP contribution in [0.25, 0.3) is 0 Å². The molecule has 1 saturated carbocycles. The van der Waals surface area contributed by atoms with E-state index in [9.17, 15) is 9.59 Å². The minimum Gasteiger partial charge on any atom is -0.445 e. The number of alkyl carbamates (subject to hydrolysis) is 2. The molecule has 0 saturated heterocycles. The van der Waals surface area contributed by atoms with E-state index < -0.39 is 17.8 Å². The fourth-order valence-electron chi connectivity index (χ4n) is 2.06. The maximum absolute atomic E-state index is 11.6. The van der Waals surface area contributed by atoms with Crippen molar-refractivity contribution in [3.05, 3.63) is 12.7 Å². The summed E-state index contributed by atoms with van der Waals surface area (Å²) < 4.78 is 10.1. The van der Waals surface area contributed by atoms with Gasteiger partial charge in [0, 0.05) is 12.1 Å². The van der Waals surface area contributed by atoms with Gasteiger partial charge in [0.2, 0.25) is 0 Å². The second-order valence-electron chi connectivity index (χ2n) is 5.88. The zero-order valence-electron chi connectivity index (χ0n) is 12.4. The summed E-state index contributed by atoms with van der Waals surface area (Å²) in [5.41, 5.74) is -0.505. The van der Waals surface area contributed by atoms with Crippen LogP contribution in [0, 0.1) is 0 Å². The van der Waals surface area contributed by atoms with E-state index in [1.54, 1.807) is 0 Å². The van der Waals surface area contributed by atoms with Gasteiger partial charge in [-0.05, 0) is 40.0 Å². The van der Waals surface area contributed by atoms with Crippen molar-refractivity contribution in [3.8, 4) is 0 Å². The number of carbonyl (C=O) groups is 2. The van der Waals surface area contributed by atoms with E-state index in [1.807, 2.05) is 20.8 Å². The van der Waals surface area contributed by atoms with E-state index in [1.165, 1.54) is 6.08 Å². The second kappa shape index (κ2) is 7.17. The van der Waals surface area contributed by atoms with Crippen molar-refractivity contribution >= 4 is 12.2 Å². The molecule has 6 heteroatoms. The van der Waals surface area contributed by atoms with Crippen molar-refractivity contribution in [2.24, 2.45) is 0 Å². The summed E-state index contributed by atoms with van der Waals surface area (Å²) in [6, 6.07) is 0.0433. The smallest absolute Gasteiger partial charge is 0.407 e. The van der Waals surface area contributed by atoms with Gasteiger partial charge in [0.15, 0.2) is 0 Å². The van der Waals surface area contributed by atoms with Crippen LogP contribution in [0.15, 0.2) is 12.7 Å². The molecule has 0 spiro atoms. The van der Waals surface area contributed by atoms with Gasteiger partial charge in [-0.25, -0.2) is 9.59 Å². The predicted molar refractivity (Wildman–Crippen MR) is 75.5 cm³/mol. The largest absolute Gasteiger partial charge is 0.445 e. The maximum atomic E-state index is 11.6. The van der Waals surface area contributed by atoms with Gasteiger partial charge >= 0.3 is 12.2 Å². The van der Waals surface area contributed by atoms with E-state index in [4.69, 9.17) is 9.47 Å². The van der Waals surface area contributed by atoms with Crippen LogP contribution >= 0.6 is 0 Å². The van der Waals surface area contributed by atoms with Gasteiger partial charge in [-0.1, -0.05) is 12.7 Å². The molecule has 2 atom stereocenters. The highest BCUT2D eigenvalue weighted by Crippen LogP contribution is 2.20. The fourth-order valence-corrected chi connectivity index (χ4v) is 2.06. The molecular weight excluding hydrogens is 260 g/mol. The van der Waals surface area contributed by atoms with Crippen LogP contribution < -0.4 is 10.6 Å². The van der Waals surface area contributed by atoms with Crippen molar-refractivity contribution in [2.45, 2.75) is 57.7 Å². The Morgan fingerprint density at radius 1 is 1.20 bits per heavy atom. The number of nitrogens with one attached hydrogen (secondary N) is 2. The SMILES string of the molecule is C=CCOC(=O)N[C@H]1CC[C@@H](NC(=O)OC(C)(C)C)C1. The Balaban J connectivity index is 2.27. The molecule has 20 heavy (non-hydrogen) atoms. The normalized spacial score (nSPS) is 21.9. The lowest BCUT2D eigenvalue weighted by Crippen LogP contribution is -2.39. The lowest BCUT2D eigenvalue weighted by Gasteiger charge is -2.21. The Morgan fingerprint density at radius 2 is 1.75 bits per heavy atom. The maximum Gasteiger partial charge on any atom is 0.407 e. The van der Waals surface area contributed by atoms with E-state index in [0.717, 1.165) is 12.8 Å². The summed E-state index contributed by atoms with van der Waals surface area (Å²) in [4.78, 5) is 23.0. The molecule has 0 aromatic rings. The zero-order chi connectivity index (χ0) is 15.2. The average Bonchev–Trinajstić information content (AvgIpc) is 2.71. The first-order chi connectivity index (χ1) is 9.30. The Hall–Kier alpha value is -1.72. The number of hydrogen-bond acceptors (Lipinski definition) is 4. The van der Waals surface area contributed by atoms with Crippen molar-refractivity contribution in [1.82, 2.24) is 10.6 Å². The molecule has 0 unspecified atom stereocenters. The van der Waals surface area contributed by atoms with Crippen molar-refractivity contribution in [1.29, 1.82) is 0 Å². The quantitative estimate of drug-likeness (QED) is 0.777. The van der Waals surface area contributed by atoms with E-state index in [0.29, 0.717) is 6.42 Å². The van der Waals surface area contributed by atoms with Gasteiger partial charge < -0.3 is 20.1 Å². The standard InChI is InChI=1S/C14H24N2O4/c1-5-8-19-12(17)15-10-6-7-11(9-10)16-13(18)20-14(2,3)4/h5,10-11H,1,6-9H2,2-4H3,(H,15,17)(H,16,18)/t10-,11+/m0/s1. The Bertz CT molecular complexity index is 363. The Kier molecular flexibility index (Phi) is 5.85. The molecule has 2 N–H and O–H groups in total. The highest BCUT2D eigenvalue weighted by molar-refractivity contribution is 5.69. The van der Waals surface area contributed by atoms with Gasteiger partial charge in [0.1, 0.15) is 12.2 Å². The molecule has 0 aromatic heterocycles. The van der Waals surface area contributed by atoms with Gasteiger partial charge in [-0.3, -0.25) is 0 Å². The summed E-state index contributed by atoms with van der Waals surface area (Å²) in [6.07, 6.45) is 2.95. The summed E-state index contributed by atoms with van der Waals surface area (Å²) in [5, 5.41) is 5.58. The molecule has 0 heterocycles. The van der Waals surface area contributed by atoms with Gasteiger partial charge in [0.05, 0.1) is 0 Å². The monoisotopic (exact) mass is 284 g/mol. The van der Waals surface area contributed by atoms with E-state index in [-0.39, 0.29) is 18.7 Å². The van der Waals surface area contributed by atoms with Crippen LogP contribution in [0.3, 0.4) is 0 Å². The number of ether oxygens (including phenoxy) is 2. The molecule has 0 radical (unpaired) electrons. The molecule has 1 aliphatic carbocycles. The Labute approximate surface area is 119 Å². The summed E-state index contributed by atoms with van der Waals surface area (Å²) >= 11 is 0. The molecule has 1 fully saturated rings. The first-order valence-corrected chi connectivity index (χ1v) is 6.84. The summed E-state index contributed by atoms with van der Waals surface area (Å²) in [7, 11) is 0. The highest BCUT2D eigenvalue weighted by Gasteiger charge is 2.28. The zero-order valence-corrected chi connectivity index (χ0v) is 12.4. The molecule has 2 amide bonds. The average molecular weight is 284 g/mol. The molecule has 114 valence electrons. The first-order valence-electron chi connectivity index (χ1n) is 6.84. The lowest BCUT2D eigenvalue weighted by atomic mass is 10.2. The minimum absolute atomic E-state index is 0.0206. The molecule has 6 nitrogen and oxygen atoms in total. The number of amides is 2. The lowest BCUT2D eigenvalue weighted by molar-refractivity contribution is 0.0505. The molecule has 1 rings (SSSR count). The highest BCUT2D eigenvalue weighted by atomic mass is 16.6. The molecule has 0 bridgehead atoms. The molecule has 0 aromatic carbocycles. The Morgan fingerprint density at radius 3 is 2.25 bits per heavy atom. The van der Waals surface area contributed by atoms with Crippen molar-refractivity contribution in [2.75, 3.05) is 6.61 Å². The fraction of sp³-hybridized carbons (Fsp3) is 0.714. The number of rotatable bonds is 4. The number of carbonyl (C=O) groups excluding carboxylic acids is 2. The van der Waals surface area contributed by atoms with E-state index >= 15 is 0 Å². The number of hydrogen-bond donors (Lipinski definition) is 2. The molecule has 0 aliphatic heterocycles. The molecule has 1 aliphatic rings. The van der Waals surface area contributed by atoms with Gasteiger partial charge in [-0.15, -0.1) is 0 Å². The van der Waals surface area contributed by atoms with Crippen LogP contribution in [0.4, 0.5) is 9.59 Å². The van der Waals surface area contributed by atoms with Crippen molar-refractivity contribution in [3.63, 3.8) is 0 Å². The predicted octanol–water partition coefficient (Wildman–Crippen LogP) is 2.34. The summed E-state index contributed by atoms with van der Waals surface area (Å²) in [6.45, 7) is 9.13. The third-order valence-electron chi connectivity index (χ3n) is 2.81. The van der Waals surface area contributed by atoms with Crippen LogP contribution in [-0.2, 0) is 9.47 Å². The van der Waals surface area contributed by atoms with Gasteiger partial charge in [0.25, 0.3) is 0 Å². The van der Waals surface area contributed by atoms with Crippen LogP contribution in [0.5, 0.6) is 0 Å². The van der Waals surface area contributed by atoms with Crippen LogP contribution in [-0.4, -0.2) is 36.5 Å². The topological polar surface area (TPSA) is 76.7 Å². The second-order valence-corrected chi connectivity index (χ2v) is 5.88. The first kappa shape index (κ1) is 16.3. The van der Waals surface area contributed by atoms with Crippen LogP contribution in [0.2, 0.25) is 0 Å². The van der Waals surface area contributed by atoms with Crippen LogP contribution in [0.1, 0.15) is 40.0 Å². The third-order valence-corrected chi connectivity index (χ3v) is 2.81. The summed E-state index contributed by atoms with van der Waals surface area (Å²) in [5.74, 6) is 0. The minimum atomic E-state index is -0.505. The van der Waals surface area contributed by atoms with Gasteiger partial charge in [-0.2, -0.15) is 0 Å².